The third kappa shape index (κ3) is 1.51. The Morgan fingerprint density at radius 2 is 2.19 bits per heavy atom. The van der Waals surface area contributed by atoms with E-state index in [-0.39, 0.29) is 0 Å². The van der Waals surface area contributed by atoms with Crippen molar-refractivity contribution in [1.82, 2.24) is 4.98 Å². The summed E-state index contributed by atoms with van der Waals surface area (Å²) in [6, 6.07) is 8.32. The second kappa shape index (κ2) is 3.71. The maximum atomic E-state index is 11.4. The molecular formula is C14H13NO. The van der Waals surface area contributed by atoms with Crippen molar-refractivity contribution in [2.45, 2.75) is 25.2 Å². The SMILES string of the molecule is O=C1CCC(c2cccc3cnccc23)C1. The number of ketones is 1. The van der Waals surface area contributed by atoms with Crippen LogP contribution in [0.2, 0.25) is 0 Å². The molecule has 16 heavy (non-hydrogen) atoms. The summed E-state index contributed by atoms with van der Waals surface area (Å²) in [7, 11) is 0. The molecule has 1 aromatic heterocycles. The van der Waals surface area contributed by atoms with Crippen LogP contribution in [0.5, 0.6) is 0 Å². The molecule has 2 nitrogen and oxygen atoms in total. The van der Waals surface area contributed by atoms with E-state index in [1.807, 2.05) is 18.5 Å². The van der Waals surface area contributed by atoms with Crippen molar-refractivity contribution in [2.75, 3.05) is 0 Å². The molecule has 0 aliphatic heterocycles. The number of benzene rings is 1. The molecule has 1 saturated carbocycles. The number of hydrogen-bond donors (Lipinski definition) is 0. The van der Waals surface area contributed by atoms with E-state index < -0.39 is 0 Å². The van der Waals surface area contributed by atoms with Crippen molar-refractivity contribution >= 4 is 16.6 Å². The highest BCUT2D eigenvalue weighted by atomic mass is 16.1. The van der Waals surface area contributed by atoms with Crippen molar-refractivity contribution < 1.29 is 4.79 Å². The fourth-order valence-corrected chi connectivity index (χ4v) is 2.58. The fraction of sp³-hybridized carbons (Fsp3) is 0.286. The first-order valence-corrected chi connectivity index (χ1v) is 5.69. The van der Waals surface area contributed by atoms with E-state index >= 15 is 0 Å². The predicted molar refractivity (Wildman–Crippen MR) is 63.3 cm³/mol. The van der Waals surface area contributed by atoms with Crippen LogP contribution in [0.4, 0.5) is 0 Å². The van der Waals surface area contributed by atoms with Crippen molar-refractivity contribution in [3.8, 4) is 0 Å². The molecule has 0 saturated heterocycles. The lowest BCUT2D eigenvalue weighted by Crippen LogP contribution is -1.95. The van der Waals surface area contributed by atoms with Crippen molar-refractivity contribution in [1.29, 1.82) is 0 Å². The van der Waals surface area contributed by atoms with E-state index in [1.54, 1.807) is 0 Å². The number of fused-ring (bicyclic) bond motifs is 1. The molecule has 1 aromatic carbocycles. The Labute approximate surface area is 94.3 Å². The number of nitrogens with zero attached hydrogens (tertiary/aromatic N) is 1. The van der Waals surface area contributed by atoms with Crippen LogP contribution in [0.15, 0.2) is 36.7 Å². The largest absolute Gasteiger partial charge is 0.300 e. The van der Waals surface area contributed by atoms with Gasteiger partial charge in [-0.25, -0.2) is 0 Å². The van der Waals surface area contributed by atoms with Gasteiger partial charge in [-0.2, -0.15) is 0 Å². The lowest BCUT2D eigenvalue weighted by atomic mass is 9.93. The van der Waals surface area contributed by atoms with Crippen molar-refractivity contribution in [2.24, 2.45) is 0 Å². The molecule has 0 bridgehead atoms. The standard InChI is InChI=1S/C14H13NO/c16-12-5-4-10(8-12)13-3-1-2-11-9-15-7-6-14(11)13/h1-3,6-7,9-10H,4-5,8H2. The molecule has 80 valence electrons. The minimum absolute atomic E-state index is 0.399. The second-order valence-electron chi connectivity index (χ2n) is 4.42. The van der Waals surface area contributed by atoms with E-state index in [0.29, 0.717) is 18.1 Å². The Balaban J connectivity index is 2.13. The summed E-state index contributed by atoms with van der Waals surface area (Å²) in [5.41, 5.74) is 1.31. The van der Waals surface area contributed by atoms with Gasteiger partial charge in [0.2, 0.25) is 0 Å². The van der Waals surface area contributed by atoms with Gasteiger partial charge in [0.05, 0.1) is 0 Å². The summed E-state index contributed by atoms with van der Waals surface area (Å²) in [6.45, 7) is 0. The monoisotopic (exact) mass is 211 g/mol. The third-order valence-electron chi connectivity index (χ3n) is 3.40. The first-order valence-electron chi connectivity index (χ1n) is 5.69. The normalized spacial score (nSPS) is 20.5. The number of Topliss-reactive ketones (excluding diaryl/α,β-unsaturated/α-hetero) is 1. The summed E-state index contributed by atoms with van der Waals surface area (Å²) in [4.78, 5) is 15.5. The van der Waals surface area contributed by atoms with Gasteiger partial charge in [0.25, 0.3) is 0 Å². The molecule has 3 rings (SSSR count). The van der Waals surface area contributed by atoms with Crippen LogP contribution >= 0.6 is 0 Å². The van der Waals surface area contributed by atoms with Crippen LogP contribution in [0.1, 0.15) is 30.7 Å². The maximum Gasteiger partial charge on any atom is 0.133 e. The lowest BCUT2D eigenvalue weighted by molar-refractivity contribution is -0.117. The number of carbonyl (C=O) groups excluding carboxylic acids is 1. The summed E-state index contributed by atoms with van der Waals surface area (Å²) in [5, 5.41) is 2.41. The van der Waals surface area contributed by atoms with Crippen LogP contribution < -0.4 is 0 Å². The molecule has 2 heteroatoms. The zero-order valence-electron chi connectivity index (χ0n) is 9.02. The van der Waals surface area contributed by atoms with Gasteiger partial charge in [0.1, 0.15) is 5.78 Å². The van der Waals surface area contributed by atoms with Gasteiger partial charge in [-0.05, 0) is 29.4 Å². The Kier molecular flexibility index (Phi) is 2.21. The molecule has 1 atom stereocenters. The van der Waals surface area contributed by atoms with Crippen LogP contribution in [0.25, 0.3) is 10.8 Å². The van der Waals surface area contributed by atoms with E-state index in [1.165, 1.54) is 16.3 Å². The van der Waals surface area contributed by atoms with E-state index in [0.717, 1.165) is 12.8 Å². The number of aromatic nitrogens is 1. The molecule has 1 aliphatic carbocycles. The van der Waals surface area contributed by atoms with Gasteiger partial charge >= 0.3 is 0 Å². The minimum Gasteiger partial charge on any atom is -0.300 e. The smallest absolute Gasteiger partial charge is 0.133 e. The highest BCUT2D eigenvalue weighted by Crippen LogP contribution is 2.35. The summed E-state index contributed by atoms with van der Waals surface area (Å²) in [5.74, 6) is 0.814. The molecule has 1 heterocycles. The maximum absolute atomic E-state index is 11.4. The average molecular weight is 211 g/mol. The van der Waals surface area contributed by atoms with Gasteiger partial charge in [0, 0.05) is 30.6 Å². The van der Waals surface area contributed by atoms with E-state index in [2.05, 4.69) is 23.2 Å². The molecule has 2 aromatic rings. The zero-order chi connectivity index (χ0) is 11.0. The predicted octanol–water partition coefficient (Wildman–Crippen LogP) is 3.07. The van der Waals surface area contributed by atoms with Crippen molar-refractivity contribution in [3.63, 3.8) is 0 Å². The van der Waals surface area contributed by atoms with Gasteiger partial charge in [-0.1, -0.05) is 18.2 Å². The Hall–Kier alpha value is -1.70. The summed E-state index contributed by atoms with van der Waals surface area (Å²) >= 11 is 0. The minimum atomic E-state index is 0.399. The van der Waals surface area contributed by atoms with Gasteiger partial charge in [0.15, 0.2) is 0 Å². The third-order valence-corrected chi connectivity index (χ3v) is 3.40. The summed E-state index contributed by atoms with van der Waals surface area (Å²) < 4.78 is 0. The zero-order valence-corrected chi connectivity index (χ0v) is 9.02. The topological polar surface area (TPSA) is 30.0 Å². The quantitative estimate of drug-likeness (QED) is 0.725. The fourth-order valence-electron chi connectivity index (χ4n) is 2.58. The van der Waals surface area contributed by atoms with Gasteiger partial charge < -0.3 is 0 Å². The molecule has 0 radical (unpaired) electrons. The van der Waals surface area contributed by atoms with Crippen molar-refractivity contribution in [3.05, 3.63) is 42.2 Å². The summed E-state index contributed by atoms with van der Waals surface area (Å²) in [6.07, 6.45) is 6.16. The molecular weight excluding hydrogens is 198 g/mol. The molecule has 1 fully saturated rings. The molecule has 0 N–H and O–H groups in total. The lowest BCUT2D eigenvalue weighted by Gasteiger charge is -2.11. The van der Waals surface area contributed by atoms with Crippen LogP contribution in [0, 0.1) is 0 Å². The van der Waals surface area contributed by atoms with Gasteiger partial charge in [-0.15, -0.1) is 0 Å². The number of carbonyl (C=O) groups is 1. The number of rotatable bonds is 1. The highest BCUT2D eigenvalue weighted by molar-refractivity contribution is 5.88. The molecule has 0 amide bonds. The Morgan fingerprint density at radius 1 is 1.25 bits per heavy atom. The van der Waals surface area contributed by atoms with Gasteiger partial charge in [-0.3, -0.25) is 9.78 Å². The Bertz CT molecular complexity index is 542. The van der Waals surface area contributed by atoms with Crippen LogP contribution in [0.3, 0.4) is 0 Å². The number of pyridine rings is 1. The number of hydrogen-bond acceptors (Lipinski definition) is 2. The Morgan fingerprint density at radius 3 is 3.00 bits per heavy atom. The van der Waals surface area contributed by atoms with Crippen LogP contribution in [-0.2, 0) is 4.79 Å². The molecule has 1 aliphatic rings. The molecule has 1 unspecified atom stereocenters. The second-order valence-corrected chi connectivity index (χ2v) is 4.42. The first kappa shape index (κ1) is 9.52. The average Bonchev–Trinajstić information content (AvgIpc) is 2.75. The van der Waals surface area contributed by atoms with E-state index in [4.69, 9.17) is 0 Å². The highest BCUT2D eigenvalue weighted by Gasteiger charge is 2.24. The first-order chi connectivity index (χ1) is 7.84. The molecule has 0 spiro atoms. The van der Waals surface area contributed by atoms with Crippen LogP contribution in [-0.4, -0.2) is 10.8 Å². The van der Waals surface area contributed by atoms with E-state index in [9.17, 15) is 4.79 Å².